The lowest BCUT2D eigenvalue weighted by Crippen LogP contribution is -2.28. The first-order valence-electron chi connectivity index (χ1n) is 10.3. The largest absolute Gasteiger partial charge is 0.493 e. The quantitative estimate of drug-likeness (QED) is 0.375. The van der Waals surface area contributed by atoms with Crippen LogP contribution >= 0.6 is 0 Å². The van der Waals surface area contributed by atoms with E-state index in [0.29, 0.717) is 22.4 Å². The summed E-state index contributed by atoms with van der Waals surface area (Å²) in [4.78, 5) is 30.4. The number of fused-ring (bicyclic) bond motifs is 1. The number of aromatic hydroxyl groups is 1. The third kappa shape index (κ3) is 3.25. The number of rotatable bonds is 5. The van der Waals surface area contributed by atoms with Crippen LogP contribution in [0.5, 0.6) is 5.88 Å². The summed E-state index contributed by atoms with van der Waals surface area (Å²) in [5, 5.41) is 18.5. The third-order valence-corrected chi connectivity index (χ3v) is 5.69. The van der Waals surface area contributed by atoms with Crippen molar-refractivity contribution in [3.05, 3.63) is 69.1 Å². The topological polar surface area (TPSA) is 136 Å². The summed E-state index contributed by atoms with van der Waals surface area (Å²) >= 11 is 0. The molecule has 0 atom stereocenters. The predicted octanol–water partition coefficient (Wildman–Crippen LogP) is 0.558. The number of imidazole rings is 1. The van der Waals surface area contributed by atoms with Gasteiger partial charge in [-0.25, -0.2) is 9.79 Å². The zero-order chi connectivity index (χ0) is 21.0. The Morgan fingerprint density at radius 3 is 2.68 bits per heavy atom. The van der Waals surface area contributed by atoms with Crippen LogP contribution < -0.4 is 21.8 Å². The summed E-state index contributed by atoms with van der Waals surface area (Å²) in [5.41, 5.74) is 1.84. The Balaban J connectivity index is 1.50. The minimum atomic E-state index is -0.486. The minimum absolute atomic E-state index is 0.176. The van der Waals surface area contributed by atoms with Crippen LogP contribution in [-0.4, -0.2) is 40.7 Å². The van der Waals surface area contributed by atoms with Crippen LogP contribution in [0.2, 0.25) is 0 Å². The van der Waals surface area contributed by atoms with E-state index in [1.54, 1.807) is 16.8 Å². The first-order chi connectivity index (χ1) is 15.1. The van der Waals surface area contributed by atoms with Crippen LogP contribution in [0.25, 0.3) is 11.7 Å². The Hall–Kier alpha value is -3.95. The van der Waals surface area contributed by atoms with E-state index in [1.165, 1.54) is 5.56 Å². The van der Waals surface area contributed by atoms with Crippen molar-refractivity contribution in [3.63, 3.8) is 0 Å². The number of aromatic nitrogens is 6. The summed E-state index contributed by atoms with van der Waals surface area (Å²) in [6, 6.07) is 10.5. The van der Waals surface area contributed by atoms with Crippen LogP contribution in [0.4, 0.5) is 5.95 Å². The second-order valence-corrected chi connectivity index (χ2v) is 8.10. The van der Waals surface area contributed by atoms with Gasteiger partial charge < -0.3 is 15.4 Å². The molecule has 0 bridgehead atoms. The molecule has 31 heavy (non-hydrogen) atoms. The van der Waals surface area contributed by atoms with E-state index in [2.05, 4.69) is 37.5 Å². The van der Waals surface area contributed by atoms with Gasteiger partial charge >= 0.3 is 5.69 Å². The van der Waals surface area contributed by atoms with E-state index < -0.39 is 5.69 Å². The van der Waals surface area contributed by atoms with E-state index in [-0.39, 0.29) is 23.2 Å². The molecular formula is C21H20N8O2. The zero-order valence-electron chi connectivity index (χ0n) is 16.5. The van der Waals surface area contributed by atoms with Crippen LogP contribution in [0, 0.1) is 0 Å². The van der Waals surface area contributed by atoms with Gasteiger partial charge in [-0.1, -0.05) is 30.3 Å². The molecule has 0 radical (unpaired) electrons. The van der Waals surface area contributed by atoms with Crippen LogP contribution in [0.3, 0.4) is 0 Å². The average molecular weight is 416 g/mol. The molecule has 2 fully saturated rings. The molecule has 2 aliphatic carbocycles. The Labute approximate surface area is 175 Å². The molecule has 0 amide bonds. The average Bonchev–Trinajstić information content (AvgIpc) is 3.67. The van der Waals surface area contributed by atoms with E-state index in [0.717, 1.165) is 25.7 Å². The maximum atomic E-state index is 11.5. The molecular weight excluding hydrogens is 396 g/mol. The zero-order valence-corrected chi connectivity index (χ0v) is 16.5. The normalized spacial score (nSPS) is 18.6. The highest BCUT2D eigenvalue weighted by molar-refractivity contribution is 5.57. The monoisotopic (exact) mass is 416 g/mol. The molecule has 10 nitrogen and oxygen atoms in total. The molecule has 1 aromatic carbocycles. The van der Waals surface area contributed by atoms with Crippen molar-refractivity contribution in [2.45, 2.75) is 37.3 Å². The van der Waals surface area contributed by atoms with Gasteiger partial charge in [-0.2, -0.15) is 19.6 Å². The van der Waals surface area contributed by atoms with Crippen LogP contribution in [0.1, 0.15) is 36.9 Å². The molecule has 0 saturated heterocycles. The van der Waals surface area contributed by atoms with Gasteiger partial charge in [-0.05, 0) is 37.3 Å². The van der Waals surface area contributed by atoms with Gasteiger partial charge in [0.05, 0.1) is 17.8 Å². The minimum Gasteiger partial charge on any atom is -0.493 e. The van der Waals surface area contributed by atoms with Gasteiger partial charge in [0, 0.05) is 5.22 Å². The summed E-state index contributed by atoms with van der Waals surface area (Å²) in [6.45, 7) is 0. The second-order valence-electron chi connectivity index (χ2n) is 8.10. The fraction of sp³-hybridized carbons (Fsp3) is 0.286. The molecule has 2 saturated carbocycles. The van der Waals surface area contributed by atoms with Crippen molar-refractivity contribution in [3.8, 4) is 5.88 Å². The number of H-pyrrole nitrogens is 2. The maximum absolute atomic E-state index is 11.5. The molecule has 3 heterocycles. The lowest BCUT2D eigenvalue weighted by atomic mass is 10.1. The van der Waals surface area contributed by atoms with Gasteiger partial charge in [0.2, 0.25) is 11.8 Å². The SMILES string of the molecule is O=c1[nH]c(O)c(C=c2cnn3c(=NC4CC4)nc(NC4(c5ccccc5)CC4)nc23)[nH]1. The molecule has 4 aromatic rings. The number of hydrogen-bond acceptors (Lipinski definition) is 7. The Kier molecular flexibility index (Phi) is 3.76. The second kappa shape index (κ2) is 6.53. The highest BCUT2D eigenvalue weighted by Gasteiger charge is 2.45. The third-order valence-electron chi connectivity index (χ3n) is 5.69. The molecule has 156 valence electrons. The summed E-state index contributed by atoms with van der Waals surface area (Å²) in [5.74, 6) is 0.246. The van der Waals surface area contributed by atoms with Crippen LogP contribution in [0.15, 0.2) is 46.3 Å². The first kappa shape index (κ1) is 17.9. The van der Waals surface area contributed by atoms with E-state index in [4.69, 9.17) is 9.98 Å². The fourth-order valence-electron chi connectivity index (χ4n) is 3.72. The molecule has 0 aliphatic heterocycles. The van der Waals surface area contributed by atoms with Crippen molar-refractivity contribution >= 4 is 17.7 Å². The molecule has 2 aliphatic rings. The van der Waals surface area contributed by atoms with E-state index in [1.807, 2.05) is 18.2 Å². The molecule has 0 spiro atoms. The first-order valence-corrected chi connectivity index (χ1v) is 10.3. The fourth-order valence-corrected chi connectivity index (χ4v) is 3.72. The summed E-state index contributed by atoms with van der Waals surface area (Å²) < 4.78 is 1.60. The number of aromatic amines is 2. The highest BCUT2D eigenvalue weighted by Crippen LogP contribution is 2.47. The van der Waals surface area contributed by atoms with Gasteiger partial charge in [-0.15, -0.1) is 0 Å². The lowest BCUT2D eigenvalue weighted by Gasteiger charge is -2.17. The lowest BCUT2D eigenvalue weighted by molar-refractivity contribution is 0.454. The Morgan fingerprint density at radius 1 is 1.19 bits per heavy atom. The van der Waals surface area contributed by atoms with Crippen molar-refractivity contribution in [1.82, 2.24) is 29.5 Å². The van der Waals surface area contributed by atoms with Gasteiger partial charge in [0.15, 0.2) is 5.65 Å². The number of nitrogens with zero attached hydrogens (tertiary/aromatic N) is 5. The molecule has 4 N–H and O–H groups in total. The maximum Gasteiger partial charge on any atom is 0.326 e. The van der Waals surface area contributed by atoms with Gasteiger partial charge in [0.25, 0.3) is 5.62 Å². The smallest absolute Gasteiger partial charge is 0.326 e. The Bertz CT molecular complexity index is 1460. The molecule has 6 rings (SSSR count). The van der Waals surface area contributed by atoms with Gasteiger partial charge in [0.1, 0.15) is 5.69 Å². The predicted molar refractivity (Wildman–Crippen MR) is 112 cm³/mol. The standard InChI is InChI=1S/C21H20N8O2/c30-17-15(24-20(31)26-17)10-12-11-22-29-16(12)25-18(27-19(29)23-14-6-7-14)28-21(8-9-21)13-4-2-1-3-5-13/h1-5,10-11,14,30H,6-9H2,(H,23,27,28)(H2,24,26,31). The van der Waals surface area contributed by atoms with E-state index in [9.17, 15) is 9.90 Å². The van der Waals surface area contributed by atoms with Crippen molar-refractivity contribution in [1.29, 1.82) is 0 Å². The number of anilines is 1. The van der Waals surface area contributed by atoms with Crippen LogP contribution in [-0.2, 0) is 5.54 Å². The number of benzene rings is 1. The number of hydrogen-bond donors (Lipinski definition) is 4. The highest BCUT2D eigenvalue weighted by atomic mass is 16.3. The van der Waals surface area contributed by atoms with Gasteiger partial charge in [-0.3, -0.25) is 4.98 Å². The molecule has 10 heteroatoms. The number of nitrogens with one attached hydrogen (secondary N) is 3. The van der Waals surface area contributed by atoms with Crippen molar-refractivity contribution in [2.75, 3.05) is 5.32 Å². The van der Waals surface area contributed by atoms with Crippen molar-refractivity contribution < 1.29 is 5.11 Å². The van der Waals surface area contributed by atoms with E-state index >= 15 is 0 Å². The molecule has 3 aromatic heterocycles. The Morgan fingerprint density at radius 2 is 2.00 bits per heavy atom. The summed E-state index contributed by atoms with van der Waals surface area (Å²) in [6.07, 6.45) is 7.32. The molecule has 0 unspecified atom stereocenters. The van der Waals surface area contributed by atoms with Crippen molar-refractivity contribution in [2.24, 2.45) is 4.99 Å². The summed E-state index contributed by atoms with van der Waals surface area (Å²) in [7, 11) is 0.